The molecule has 0 aliphatic carbocycles. The molecule has 11 heavy (non-hydrogen) atoms. The molecule has 0 aliphatic rings. The lowest BCUT2D eigenvalue weighted by atomic mass is 10.4. The Morgan fingerprint density at radius 2 is 2.27 bits per heavy atom. The van der Waals surface area contributed by atoms with Crippen LogP contribution in [0.5, 0.6) is 0 Å². The average molecular weight is 159 g/mol. The maximum atomic E-state index is 10.6. The van der Waals surface area contributed by atoms with Gasteiger partial charge >= 0.3 is 0 Å². The molecule has 5 heteroatoms. The maximum absolute atomic E-state index is 10.6. The van der Waals surface area contributed by atoms with Gasteiger partial charge in [-0.3, -0.25) is 4.79 Å². The summed E-state index contributed by atoms with van der Waals surface area (Å²) < 4.78 is 0. The van der Waals surface area contributed by atoms with Crippen LogP contribution in [0.4, 0.5) is 0 Å². The molecule has 0 aromatic rings. The van der Waals surface area contributed by atoms with Crippen LogP contribution in [0.25, 0.3) is 0 Å². The highest BCUT2D eigenvalue weighted by atomic mass is 16.3. The summed E-state index contributed by atoms with van der Waals surface area (Å²) in [6.45, 7) is 1.38. The molecule has 0 bridgehead atoms. The molecule has 1 amide bonds. The normalized spacial score (nSPS) is 13.1. The Balaban J connectivity index is 3.62. The molecule has 0 rings (SSSR count). The average Bonchev–Trinajstić information content (AvgIpc) is 1.86. The Kier molecular flexibility index (Phi) is 4.21. The van der Waals surface area contributed by atoms with Crippen molar-refractivity contribution in [3.63, 3.8) is 0 Å². The first-order chi connectivity index (χ1) is 5.04. The molecule has 0 spiro atoms. The monoisotopic (exact) mass is 159 g/mol. The molecule has 0 saturated heterocycles. The van der Waals surface area contributed by atoms with E-state index in [0.717, 1.165) is 0 Å². The van der Waals surface area contributed by atoms with Gasteiger partial charge in [0, 0.05) is 14.1 Å². The molecule has 0 saturated carbocycles. The minimum Gasteiger partial charge on any atom is -0.383 e. The SMILES string of the molecule is C[C@H](O)C(=O)NN=CN(C)C. The number of carbonyl (C=O) groups is 1. The number of carbonyl (C=O) groups excluding carboxylic acids is 1. The van der Waals surface area contributed by atoms with E-state index in [1.165, 1.54) is 13.3 Å². The molecule has 0 radical (unpaired) electrons. The van der Waals surface area contributed by atoms with Gasteiger partial charge in [-0.25, -0.2) is 5.43 Å². The summed E-state index contributed by atoms with van der Waals surface area (Å²) in [6, 6.07) is 0. The number of nitrogens with zero attached hydrogens (tertiary/aromatic N) is 2. The third-order valence-corrected chi connectivity index (χ3v) is 0.843. The van der Waals surface area contributed by atoms with Crippen LogP contribution in [0.15, 0.2) is 5.10 Å². The lowest BCUT2D eigenvalue weighted by molar-refractivity contribution is -0.128. The first kappa shape index (κ1) is 9.90. The van der Waals surface area contributed by atoms with Gasteiger partial charge in [0.15, 0.2) is 0 Å². The van der Waals surface area contributed by atoms with Crippen molar-refractivity contribution in [1.29, 1.82) is 0 Å². The fourth-order valence-corrected chi connectivity index (χ4v) is 0.301. The van der Waals surface area contributed by atoms with E-state index < -0.39 is 12.0 Å². The number of hydrazone groups is 1. The summed E-state index contributed by atoms with van der Waals surface area (Å²) in [5.41, 5.74) is 2.15. The summed E-state index contributed by atoms with van der Waals surface area (Å²) in [7, 11) is 3.55. The number of hydrogen-bond acceptors (Lipinski definition) is 3. The molecular formula is C6H13N3O2. The molecule has 0 unspecified atom stereocenters. The van der Waals surface area contributed by atoms with Gasteiger partial charge in [0.25, 0.3) is 5.91 Å². The van der Waals surface area contributed by atoms with E-state index in [9.17, 15) is 4.79 Å². The predicted molar refractivity (Wildman–Crippen MR) is 42.0 cm³/mol. The Hall–Kier alpha value is -1.10. The zero-order valence-corrected chi connectivity index (χ0v) is 6.90. The number of amides is 1. The molecular weight excluding hydrogens is 146 g/mol. The van der Waals surface area contributed by atoms with Crippen LogP contribution in [0.3, 0.4) is 0 Å². The Morgan fingerprint density at radius 1 is 1.73 bits per heavy atom. The highest BCUT2D eigenvalue weighted by molar-refractivity contribution is 5.80. The molecule has 64 valence electrons. The van der Waals surface area contributed by atoms with E-state index in [0.29, 0.717) is 0 Å². The van der Waals surface area contributed by atoms with E-state index in [-0.39, 0.29) is 0 Å². The number of hydrogen-bond donors (Lipinski definition) is 2. The number of nitrogens with one attached hydrogen (secondary N) is 1. The second-order valence-electron chi connectivity index (χ2n) is 2.36. The van der Waals surface area contributed by atoms with Gasteiger partial charge in [-0.15, -0.1) is 0 Å². The van der Waals surface area contributed by atoms with Gasteiger partial charge in [0.2, 0.25) is 0 Å². The van der Waals surface area contributed by atoms with E-state index >= 15 is 0 Å². The van der Waals surface area contributed by atoms with Crippen molar-refractivity contribution < 1.29 is 9.90 Å². The van der Waals surface area contributed by atoms with Gasteiger partial charge in [-0.2, -0.15) is 5.10 Å². The van der Waals surface area contributed by atoms with Crippen molar-refractivity contribution in [3.05, 3.63) is 0 Å². The fourth-order valence-electron chi connectivity index (χ4n) is 0.301. The molecule has 1 atom stereocenters. The molecule has 5 nitrogen and oxygen atoms in total. The Bertz CT molecular complexity index is 154. The summed E-state index contributed by atoms with van der Waals surface area (Å²) in [5, 5.41) is 12.2. The number of aliphatic hydroxyl groups excluding tert-OH is 1. The second-order valence-corrected chi connectivity index (χ2v) is 2.36. The van der Waals surface area contributed by atoms with Crippen molar-refractivity contribution >= 4 is 12.2 Å². The van der Waals surface area contributed by atoms with E-state index in [2.05, 4.69) is 10.5 Å². The predicted octanol–water partition coefficient (Wildman–Crippen LogP) is -1.01. The van der Waals surface area contributed by atoms with Crippen molar-refractivity contribution in [2.75, 3.05) is 14.1 Å². The number of aliphatic hydroxyl groups is 1. The smallest absolute Gasteiger partial charge is 0.268 e. The first-order valence-corrected chi connectivity index (χ1v) is 3.21. The van der Waals surface area contributed by atoms with Crippen LogP contribution in [0.1, 0.15) is 6.92 Å². The van der Waals surface area contributed by atoms with E-state index in [4.69, 9.17) is 5.11 Å². The van der Waals surface area contributed by atoms with Crippen LogP contribution in [-0.2, 0) is 4.79 Å². The molecule has 0 aromatic carbocycles. The highest BCUT2D eigenvalue weighted by Crippen LogP contribution is 1.77. The van der Waals surface area contributed by atoms with E-state index in [1.807, 2.05) is 0 Å². The number of rotatable bonds is 3. The summed E-state index contributed by atoms with van der Waals surface area (Å²) in [6.07, 6.45) is 0.412. The Labute approximate surface area is 65.7 Å². The molecule has 2 N–H and O–H groups in total. The second kappa shape index (κ2) is 4.68. The highest BCUT2D eigenvalue weighted by Gasteiger charge is 2.05. The van der Waals surface area contributed by atoms with Crippen LogP contribution in [-0.4, -0.2) is 42.5 Å². The Morgan fingerprint density at radius 3 is 2.64 bits per heavy atom. The van der Waals surface area contributed by atoms with Gasteiger partial charge in [0.05, 0.1) is 0 Å². The summed E-state index contributed by atoms with van der Waals surface area (Å²) in [4.78, 5) is 12.3. The van der Waals surface area contributed by atoms with Crippen LogP contribution >= 0.6 is 0 Å². The quantitative estimate of drug-likeness (QED) is 0.315. The maximum Gasteiger partial charge on any atom is 0.268 e. The van der Waals surface area contributed by atoms with Crippen molar-refractivity contribution in [2.24, 2.45) is 5.10 Å². The first-order valence-electron chi connectivity index (χ1n) is 3.21. The molecule has 0 heterocycles. The minimum atomic E-state index is -1.02. The standard InChI is InChI=1S/C6H13N3O2/c1-5(10)6(11)8-7-4-9(2)3/h4-5,10H,1-3H3,(H,8,11)/t5-/m0/s1. The van der Waals surface area contributed by atoms with E-state index in [1.54, 1.807) is 19.0 Å². The van der Waals surface area contributed by atoms with Gasteiger partial charge in [0.1, 0.15) is 12.4 Å². The van der Waals surface area contributed by atoms with Crippen LogP contribution < -0.4 is 5.43 Å². The van der Waals surface area contributed by atoms with Crippen LogP contribution in [0, 0.1) is 0 Å². The third-order valence-electron chi connectivity index (χ3n) is 0.843. The topological polar surface area (TPSA) is 64.9 Å². The van der Waals surface area contributed by atoms with Crippen molar-refractivity contribution in [1.82, 2.24) is 10.3 Å². The van der Waals surface area contributed by atoms with Crippen molar-refractivity contribution in [3.8, 4) is 0 Å². The lowest BCUT2D eigenvalue weighted by Crippen LogP contribution is -2.29. The molecule has 0 aromatic heterocycles. The molecule has 0 aliphatic heterocycles. The van der Waals surface area contributed by atoms with Gasteiger partial charge < -0.3 is 10.0 Å². The fraction of sp³-hybridized carbons (Fsp3) is 0.667. The molecule has 0 fully saturated rings. The lowest BCUT2D eigenvalue weighted by Gasteiger charge is -2.03. The zero-order valence-electron chi connectivity index (χ0n) is 6.90. The zero-order chi connectivity index (χ0) is 8.85. The largest absolute Gasteiger partial charge is 0.383 e. The summed E-state index contributed by atoms with van der Waals surface area (Å²) in [5.74, 6) is -0.511. The van der Waals surface area contributed by atoms with Crippen LogP contribution in [0.2, 0.25) is 0 Å². The minimum absolute atomic E-state index is 0.511. The van der Waals surface area contributed by atoms with Crippen molar-refractivity contribution in [2.45, 2.75) is 13.0 Å². The van der Waals surface area contributed by atoms with Gasteiger partial charge in [-0.1, -0.05) is 0 Å². The third kappa shape index (κ3) is 5.35. The summed E-state index contributed by atoms with van der Waals surface area (Å²) >= 11 is 0. The van der Waals surface area contributed by atoms with Gasteiger partial charge in [-0.05, 0) is 6.92 Å².